The van der Waals surface area contributed by atoms with Crippen LogP contribution < -0.4 is 15.4 Å². The van der Waals surface area contributed by atoms with Gasteiger partial charge in [0.15, 0.2) is 6.61 Å². The first kappa shape index (κ1) is 20.4. The van der Waals surface area contributed by atoms with Crippen molar-refractivity contribution >= 4 is 17.5 Å². The van der Waals surface area contributed by atoms with E-state index in [-0.39, 0.29) is 24.5 Å². The Hall–Kier alpha value is -2.86. The second-order valence-electron chi connectivity index (χ2n) is 7.87. The highest BCUT2D eigenvalue weighted by Gasteiger charge is 2.18. The summed E-state index contributed by atoms with van der Waals surface area (Å²) in [7, 11) is 0. The molecule has 2 aliphatic rings. The number of hydrogen-bond acceptors (Lipinski definition) is 4. The highest BCUT2D eigenvalue weighted by Crippen LogP contribution is 2.25. The standard InChI is InChI=1S/C24H28N2O4/c27-23(16-30-19-12-11-17-6-1-2-7-18(17)14-19)26-22-10-4-3-9-21(22)24(28)25-15-20-8-5-13-29-20/h3-4,9-12,14,20H,1-2,5-8,13,15-16H2,(H,25,28)(H,26,27). The molecule has 2 amide bonds. The molecule has 4 rings (SSSR count). The third-order valence-corrected chi connectivity index (χ3v) is 5.65. The molecule has 1 fully saturated rings. The van der Waals surface area contributed by atoms with Crippen LogP contribution in [0.1, 0.15) is 47.2 Å². The van der Waals surface area contributed by atoms with Gasteiger partial charge in [-0.1, -0.05) is 18.2 Å². The quantitative estimate of drug-likeness (QED) is 0.735. The van der Waals surface area contributed by atoms with E-state index in [0.29, 0.717) is 23.5 Å². The Morgan fingerprint density at radius 3 is 2.70 bits per heavy atom. The maximum absolute atomic E-state index is 12.6. The summed E-state index contributed by atoms with van der Waals surface area (Å²) in [5, 5.41) is 5.69. The topological polar surface area (TPSA) is 76.7 Å². The van der Waals surface area contributed by atoms with Gasteiger partial charge in [0.05, 0.1) is 17.4 Å². The molecule has 1 saturated heterocycles. The Bertz CT molecular complexity index is 906. The second-order valence-corrected chi connectivity index (χ2v) is 7.87. The van der Waals surface area contributed by atoms with Crippen LogP contribution >= 0.6 is 0 Å². The first-order valence-electron chi connectivity index (χ1n) is 10.7. The Morgan fingerprint density at radius 2 is 1.87 bits per heavy atom. The lowest BCUT2D eigenvalue weighted by Crippen LogP contribution is -2.32. The van der Waals surface area contributed by atoms with E-state index < -0.39 is 0 Å². The maximum atomic E-state index is 12.6. The molecular weight excluding hydrogens is 380 g/mol. The normalized spacial score (nSPS) is 17.8. The Kier molecular flexibility index (Phi) is 6.64. The molecule has 30 heavy (non-hydrogen) atoms. The zero-order valence-corrected chi connectivity index (χ0v) is 17.1. The van der Waals surface area contributed by atoms with Crippen molar-refractivity contribution in [2.45, 2.75) is 44.6 Å². The van der Waals surface area contributed by atoms with Crippen molar-refractivity contribution in [3.8, 4) is 5.75 Å². The number of aryl methyl sites for hydroxylation is 2. The van der Waals surface area contributed by atoms with Gasteiger partial charge in [0.2, 0.25) is 0 Å². The van der Waals surface area contributed by atoms with Crippen LogP contribution in [0.2, 0.25) is 0 Å². The molecule has 6 nitrogen and oxygen atoms in total. The zero-order chi connectivity index (χ0) is 20.8. The molecule has 0 bridgehead atoms. The van der Waals surface area contributed by atoms with E-state index in [9.17, 15) is 9.59 Å². The van der Waals surface area contributed by atoms with E-state index in [1.807, 2.05) is 12.1 Å². The summed E-state index contributed by atoms with van der Waals surface area (Å²) < 4.78 is 11.2. The van der Waals surface area contributed by atoms with E-state index >= 15 is 0 Å². The lowest BCUT2D eigenvalue weighted by molar-refractivity contribution is -0.118. The van der Waals surface area contributed by atoms with Gasteiger partial charge in [-0.15, -0.1) is 0 Å². The number of ether oxygens (including phenoxy) is 2. The summed E-state index contributed by atoms with van der Waals surface area (Å²) >= 11 is 0. The highest BCUT2D eigenvalue weighted by atomic mass is 16.5. The molecule has 6 heteroatoms. The van der Waals surface area contributed by atoms with Crippen LogP contribution in [0.3, 0.4) is 0 Å². The van der Waals surface area contributed by atoms with E-state index in [1.54, 1.807) is 24.3 Å². The smallest absolute Gasteiger partial charge is 0.262 e. The number of benzene rings is 2. The van der Waals surface area contributed by atoms with E-state index in [0.717, 1.165) is 32.3 Å². The molecule has 1 heterocycles. The average molecular weight is 408 g/mol. The molecule has 1 atom stereocenters. The van der Waals surface area contributed by atoms with Crippen LogP contribution in [0.15, 0.2) is 42.5 Å². The molecule has 158 valence electrons. The number of amides is 2. The maximum Gasteiger partial charge on any atom is 0.262 e. The van der Waals surface area contributed by atoms with Gasteiger partial charge in [-0.3, -0.25) is 9.59 Å². The predicted molar refractivity (Wildman–Crippen MR) is 115 cm³/mol. The van der Waals surface area contributed by atoms with Gasteiger partial charge < -0.3 is 20.1 Å². The summed E-state index contributed by atoms with van der Waals surface area (Å²) in [5.41, 5.74) is 3.59. The molecule has 1 aliphatic heterocycles. The van der Waals surface area contributed by atoms with Crippen molar-refractivity contribution in [3.63, 3.8) is 0 Å². The molecule has 0 saturated carbocycles. The third kappa shape index (κ3) is 5.19. The fourth-order valence-corrected chi connectivity index (χ4v) is 4.03. The molecular formula is C24H28N2O4. The van der Waals surface area contributed by atoms with Crippen molar-refractivity contribution in [2.24, 2.45) is 0 Å². The number of rotatable bonds is 7. The lowest BCUT2D eigenvalue weighted by Gasteiger charge is -2.17. The van der Waals surface area contributed by atoms with Crippen molar-refractivity contribution < 1.29 is 19.1 Å². The number of fused-ring (bicyclic) bond motifs is 1. The molecule has 2 aromatic carbocycles. The number of nitrogens with one attached hydrogen (secondary N) is 2. The average Bonchev–Trinajstić information content (AvgIpc) is 3.30. The first-order valence-corrected chi connectivity index (χ1v) is 10.7. The molecule has 0 aromatic heterocycles. The van der Waals surface area contributed by atoms with Gasteiger partial charge in [0, 0.05) is 13.2 Å². The van der Waals surface area contributed by atoms with Crippen molar-refractivity contribution in [2.75, 3.05) is 25.1 Å². The van der Waals surface area contributed by atoms with Crippen LogP contribution in [0.25, 0.3) is 0 Å². The Morgan fingerprint density at radius 1 is 1.03 bits per heavy atom. The summed E-state index contributed by atoms with van der Waals surface area (Å²) in [6.07, 6.45) is 6.66. The van der Waals surface area contributed by atoms with Crippen molar-refractivity contribution in [3.05, 3.63) is 59.2 Å². The van der Waals surface area contributed by atoms with Crippen molar-refractivity contribution in [1.29, 1.82) is 0 Å². The van der Waals surface area contributed by atoms with Crippen molar-refractivity contribution in [1.82, 2.24) is 5.32 Å². The number of hydrogen-bond donors (Lipinski definition) is 2. The Balaban J connectivity index is 1.32. The molecule has 1 aliphatic carbocycles. The van der Waals surface area contributed by atoms with Gasteiger partial charge in [0.1, 0.15) is 5.75 Å². The molecule has 1 unspecified atom stereocenters. The zero-order valence-electron chi connectivity index (χ0n) is 17.1. The lowest BCUT2D eigenvalue weighted by atomic mass is 9.92. The van der Waals surface area contributed by atoms with Gasteiger partial charge in [-0.25, -0.2) is 0 Å². The first-order chi connectivity index (χ1) is 14.7. The number of anilines is 1. The summed E-state index contributed by atoms with van der Waals surface area (Å²) in [4.78, 5) is 25.0. The number of carbonyl (C=O) groups excluding carboxylic acids is 2. The SMILES string of the molecule is O=C(COc1ccc2c(c1)CCCC2)Nc1ccccc1C(=O)NCC1CCCO1. The van der Waals surface area contributed by atoms with Crippen LogP contribution in [0.5, 0.6) is 5.75 Å². The summed E-state index contributed by atoms with van der Waals surface area (Å²) in [6.45, 7) is 1.12. The Labute approximate surface area is 177 Å². The molecule has 2 aromatic rings. The predicted octanol–water partition coefficient (Wildman–Crippen LogP) is 3.49. The fraction of sp³-hybridized carbons (Fsp3) is 0.417. The monoisotopic (exact) mass is 408 g/mol. The van der Waals surface area contributed by atoms with Gasteiger partial charge in [0.25, 0.3) is 11.8 Å². The number of carbonyl (C=O) groups is 2. The number of para-hydroxylation sites is 1. The van der Waals surface area contributed by atoms with Crippen LogP contribution in [-0.4, -0.2) is 37.7 Å². The molecule has 0 radical (unpaired) electrons. The summed E-state index contributed by atoms with van der Waals surface area (Å²) in [6, 6.07) is 13.0. The second kappa shape index (κ2) is 9.76. The van der Waals surface area contributed by atoms with Gasteiger partial charge in [-0.2, -0.15) is 0 Å². The van der Waals surface area contributed by atoms with E-state index in [1.165, 1.54) is 24.0 Å². The van der Waals surface area contributed by atoms with Crippen LogP contribution in [0, 0.1) is 0 Å². The van der Waals surface area contributed by atoms with Crippen LogP contribution in [0.4, 0.5) is 5.69 Å². The molecule has 0 spiro atoms. The van der Waals surface area contributed by atoms with Crippen LogP contribution in [-0.2, 0) is 22.4 Å². The highest BCUT2D eigenvalue weighted by molar-refractivity contribution is 6.04. The minimum Gasteiger partial charge on any atom is -0.484 e. The third-order valence-electron chi connectivity index (χ3n) is 5.65. The van der Waals surface area contributed by atoms with E-state index in [4.69, 9.17) is 9.47 Å². The van der Waals surface area contributed by atoms with Gasteiger partial charge >= 0.3 is 0 Å². The van der Waals surface area contributed by atoms with E-state index in [2.05, 4.69) is 16.7 Å². The largest absolute Gasteiger partial charge is 0.484 e. The van der Waals surface area contributed by atoms with Gasteiger partial charge in [-0.05, 0) is 73.9 Å². The minimum atomic E-state index is -0.299. The summed E-state index contributed by atoms with van der Waals surface area (Å²) in [5.74, 6) is 0.178. The minimum absolute atomic E-state index is 0.0701. The molecule has 2 N–H and O–H groups in total. The fourth-order valence-electron chi connectivity index (χ4n) is 4.03.